The highest BCUT2D eigenvalue weighted by Gasteiger charge is 2.35. The molecule has 25 heavy (non-hydrogen) atoms. The van der Waals surface area contributed by atoms with Crippen LogP contribution in [-0.2, 0) is 6.18 Å². The van der Waals surface area contributed by atoms with Crippen LogP contribution in [0.15, 0.2) is 18.2 Å². The van der Waals surface area contributed by atoms with Gasteiger partial charge >= 0.3 is 6.18 Å². The minimum Gasteiger partial charge on any atom is -0.206 e. The van der Waals surface area contributed by atoms with E-state index in [-0.39, 0.29) is 21.9 Å². The SMILES string of the molecule is Cc1cc(-c2c(F)cc(C3CCC(C)CC3)cc2F)sc1C(F)(F)F. The van der Waals surface area contributed by atoms with Crippen LogP contribution in [0.5, 0.6) is 0 Å². The summed E-state index contributed by atoms with van der Waals surface area (Å²) in [6, 6.07) is 3.79. The van der Waals surface area contributed by atoms with Crippen molar-refractivity contribution < 1.29 is 22.0 Å². The lowest BCUT2D eigenvalue weighted by molar-refractivity contribution is -0.134. The van der Waals surface area contributed by atoms with Gasteiger partial charge in [-0.05, 0) is 60.9 Å². The summed E-state index contributed by atoms with van der Waals surface area (Å²) >= 11 is 0.385. The van der Waals surface area contributed by atoms with Crippen LogP contribution in [0.3, 0.4) is 0 Å². The number of thiophene rings is 1. The van der Waals surface area contributed by atoms with Crippen LogP contribution in [-0.4, -0.2) is 0 Å². The Labute approximate surface area is 147 Å². The second kappa shape index (κ2) is 6.71. The predicted octanol–water partition coefficient (Wildman–Crippen LogP) is 7.31. The van der Waals surface area contributed by atoms with Gasteiger partial charge in [0.2, 0.25) is 0 Å². The van der Waals surface area contributed by atoms with Gasteiger partial charge in [-0.15, -0.1) is 11.3 Å². The molecule has 1 aromatic carbocycles. The molecule has 0 aliphatic heterocycles. The van der Waals surface area contributed by atoms with Crippen molar-refractivity contribution >= 4 is 11.3 Å². The minimum atomic E-state index is -4.52. The highest BCUT2D eigenvalue weighted by atomic mass is 32.1. The highest BCUT2D eigenvalue weighted by Crippen LogP contribution is 2.43. The van der Waals surface area contributed by atoms with Crippen LogP contribution in [0.1, 0.15) is 54.5 Å². The fourth-order valence-corrected chi connectivity index (χ4v) is 4.63. The number of alkyl halides is 3. The minimum absolute atomic E-state index is 0.0170. The van der Waals surface area contributed by atoms with Gasteiger partial charge in [-0.1, -0.05) is 19.8 Å². The molecule has 1 aromatic heterocycles. The molecule has 0 radical (unpaired) electrons. The molecule has 2 aromatic rings. The van der Waals surface area contributed by atoms with Crippen molar-refractivity contribution in [2.24, 2.45) is 5.92 Å². The maximum Gasteiger partial charge on any atom is 0.425 e. The molecule has 136 valence electrons. The Balaban J connectivity index is 1.96. The monoisotopic (exact) mass is 374 g/mol. The standard InChI is InChI=1S/C19H19F5S/c1-10-3-5-12(6-4-10)13-8-14(20)17(15(21)9-13)16-7-11(2)18(25-16)19(22,23)24/h7-10,12H,3-6H2,1-2H3. The molecule has 3 rings (SSSR count). The van der Waals surface area contributed by atoms with Crippen molar-refractivity contribution in [1.29, 1.82) is 0 Å². The lowest BCUT2D eigenvalue weighted by Gasteiger charge is -2.26. The zero-order valence-electron chi connectivity index (χ0n) is 14.0. The summed E-state index contributed by atoms with van der Waals surface area (Å²) in [6.07, 6.45) is -0.701. The first-order chi connectivity index (χ1) is 11.7. The molecule has 6 heteroatoms. The molecule has 0 saturated heterocycles. The summed E-state index contributed by atoms with van der Waals surface area (Å²) in [4.78, 5) is -0.838. The number of hydrogen-bond acceptors (Lipinski definition) is 1. The molecule has 1 aliphatic rings. The van der Waals surface area contributed by atoms with E-state index in [4.69, 9.17) is 0 Å². The molecule has 0 atom stereocenters. The quantitative estimate of drug-likeness (QED) is 0.483. The van der Waals surface area contributed by atoms with Crippen molar-refractivity contribution in [3.63, 3.8) is 0 Å². The van der Waals surface area contributed by atoms with Gasteiger partial charge in [0.15, 0.2) is 0 Å². The van der Waals surface area contributed by atoms with Crippen LogP contribution in [0.2, 0.25) is 0 Å². The van der Waals surface area contributed by atoms with E-state index in [9.17, 15) is 22.0 Å². The molecule has 1 saturated carbocycles. The largest absolute Gasteiger partial charge is 0.425 e. The van der Waals surface area contributed by atoms with Crippen molar-refractivity contribution in [1.82, 2.24) is 0 Å². The highest BCUT2D eigenvalue weighted by molar-refractivity contribution is 7.15. The lowest BCUT2D eigenvalue weighted by atomic mass is 9.79. The Morgan fingerprint density at radius 3 is 2.00 bits per heavy atom. The first-order valence-electron chi connectivity index (χ1n) is 8.33. The van der Waals surface area contributed by atoms with Crippen molar-refractivity contribution in [2.45, 2.75) is 51.6 Å². The number of rotatable bonds is 2. The normalized spacial score (nSPS) is 21.6. The van der Waals surface area contributed by atoms with E-state index in [2.05, 4.69) is 6.92 Å². The van der Waals surface area contributed by atoms with Gasteiger partial charge in [0, 0.05) is 4.88 Å². The fourth-order valence-electron chi connectivity index (χ4n) is 3.54. The maximum atomic E-state index is 14.6. The van der Waals surface area contributed by atoms with Gasteiger partial charge in [0.05, 0.1) is 5.56 Å². The molecular formula is C19H19F5S. The first kappa shape index (κ1) is 18.4. The summed E-state index contributed by atoms with van der Waals surface area (Å²) in [5.74, 6) is -0.836. The molecular weight excluding hydrogens is 355 g/mol. The van der Waals surface area contributed by atoms with Crippen LogP contribution in [0.25, 0.3) is 10.4 Å². The lowest BCUT2D eigenvalue weighted by Crippen LogP contribution is -2.11. The van der Waals surface area contributed by atoms with E-state index in [1.165, 1.54) is 25.1 Å². The predicted molar refractivity (Wildman–Crippen MR) is 89.8 cm³/mol. The Morgan fingerprint density at radius 1 is 0.960 bits per heavy atom. The molecule has 1 fully saturated rings. The summed E-state index contributed by atoms with van der Waals surface area (Å²) in [6.45, 7) is 3.47. The third-order valence-corrected chi connectivity index (χ3v) is 6.27. The van der Waals surface area contributed by atoms with Crippen molar-refractivity contribution in [3.8, 4) is 10.4 Å². The average molecular weight is 374 g/mol. The summed E-state index contributed by atoms with van der Waals surface area (Å²) < 4.78 is 67.9. The Hall–Kier alpha value is -1.43. The van der Waals surface area contributed by atoms with Crippen LogP contribution in [0.4, 0.5) is 22.0 Å². The molecule has 1 aliphatic carbocycles. The molecule has 0 unspecified atom stereocenters. The molecule has 0 N–H and O–H groups in total. The van der Waals surface area contributed by atoms with E-state index in [0.717, 1.165) is 25.7 Å². The average Bonchev–Trinajstić information content (AvgIpc) is 2.89. The van der Waals surface area contributed by atoms with Gasteiger partial charge in [-0.25, -0.2) is 8.78 Å². The number of aryl methyl sites for hydroxylation is 1. The van der Waals surface area contributed by atoms with Gasteiger partial charge in [0.1, 0.15) is 16.5 Å². The molecule has 0 bridgehead atoms. The third-order valence-electron chi connectivity index (χ3n) is 4.97. The Kier molecular flexibility index (Phi) is 4.93. The van der Waals surface area contributed by atoms with Gasteiger partial charge < -0.3 is 0 Å². The van der Waals surface area contributed by atoms with Crippen molar-refractivity contribution in [3.05, 3.63) is 45.8 Å². The van der Waals surface area contributed by atoms with Crippen LogP contribution in [0, 0.1) is 24.5 Å². The van der Waals surface area contributed by atoms with E-state index in [1.807, 2.05) is 0 Å². The van der Waals surface area contributed by atoms with E-state index in [1.54, 1.807) is 0 Å². The van der Waals surface area contributed by atoms with Crippen molar-refractivity contribution in [2.75, 3.05) is 0 Å². The van der Waals surface area contributed by atoms with Crippen LogP contribution < -0.4 is 0 Å². The molecule has 1 heterocycles. The topological polar surface area (TPSA) is 0 Å². The summed E-state index contributed by atoms with van der Waals surface area (Å²) in [5.41, 5.74) is 0.225. The second-order valence-electron chi connectivity index (χ2n) is 6.94. The molecule has 0 spiro atoms. The fraction of sp³-hybridized carbons (Fsp3) is 0.474. The van der Waals surface area contributed by atoms with E-state index in [0.29, 0.717) is 22.8 Å². The number of benzene rings is 1. The summed E-state index contributed by atoms with van der Waals surface area (Å²) in [5, 5.41) is 0. The molecule has 0 nitrogen and oxygen atoms in total. The van der Waals surface area contributed by atoms with Gasteiger partial charge in [-0.3, -0.25) is 0 Å². The van der Waals surface area contributed by atoms with E-state index < -0.39 is 22.7 Å². The van der Waals surface area contributed by atoms with Gasteiger partial charge in [-0.2, -0.15) is 13.2 Å². The zero-order valence-corrected chi connectivity index (χ0v) is 14.8. The first-order valence-corrected chi connectivity index (χ1v) is 9.15. The maximum absolute atomic E-state index is 14.6. The number of hydrogen-bond donors (Lipinski definition) is 0. The number of halogens is 5. The Morgan fingerprint density at radius 2 is 1.52 bits per heavy atom. The Bertz CT molecular complexity index is 744. The smallest absolute Gasteiger partial charge is 0.206 e. The van der Waals surface area contributed by atoms with Gasteiger partial charge in [0.25, 0.3) is 0 Å². The van der Waals surface area contributed by atoms with E-state index >= 15 is 0 Å². The van der Waals surface area contributed by atoms with Crippen LogP contribution >= 0.6 is 11.3 Å². The third kappa shape index (κ3) is 3.73. The molecule has 0 amide bonds. The zero-order chi connectivity index (χ0) is 18.4. The second-order valence-corrected chi connectivity index (χ2v) is 7.99. The summed E-state index contributed by atoms with van der Waals surface area (Å²) in [7, 11) is 0.